The highest BCUT2D eigenvalue weighted by Crippen LogP contribution is 2.30. The van der Waals surface area contributed by atoms with Gasteiger partial charge in [0.05, 0.1) is 11.4 Å². The fraction of sp³-hybridized carbons (Fsp3) is 0.0714. The Hall–Kier alpha value is -2.25. The molecule has 0 aromatic carbocycles. The van der Waals surface area contributed by atoms with Crippen molar-refractivity contribution in [1.82, 2.24) is 15.0 Å². The van der Waals surface area contributed by atoms with Crippen LogP contribution in [0.2, 0.25) is 0 Å². The molecule has 0 unspecified atom stereocenters. The molecule has 4 aromatic heterocycles. The van der Waals surface area contributed by atoms with Crippen LogP contribution in [-0.4, -0.2) is 15.0 Å². The van der Waals surface area contributed by atoms with Crippen LogP contribution in [0.4, 0.5) is 0 Å². The Balaban J connectivity index is 1.67. The molecule has 0 amide bonds. The number of oxazole rings is 1. The molecule has 0 atom stereocenters. The maximum absolute atomic E-state index is 5.28. The summed E-state index contributed by atoms with van der Waals surface area (Å²) < 4.78 is 7.19. The van der Waals surface area contributed by atoms with Crippen molar-refractivity contribution in [2.24, 2.45) is 0 Å². The van der Waals surface area contributed by atoms with Crippen molar-refractivity contribution in [2.45, 2.75) is 6.92 Å². The molecule has 5 nitrogen and oxygen atoms in total. The molecule has 0 fully saturated rings. The molecule has 0 aliphatic rings. The van der Waals surface area contributed by atoms with Gasteiger partial charge in [-0.2, -0.15) is 0 Å². The van der Waals surface area contributed by atoms with E-state index < -0.39 is 0 Å². The van der Waals surface area contributed by atoms with Crippen LogP contribution in [0.3, 0.4) is 0 Å². The Morgan fingerprint density at radius 2 is 2.29 bits per heavy atom. The molecular weight excluding hydrogens is 304 g/mol. The second kappa shape index (κ2) is 4.94. The second-order valence-electron chi connectivity index (χ2n) is 4.59. The van der Waals surface area contributed by atoms with Gasteiger partial charge < -0.3 is 9.40 Å². The molecule has 0 aliphatic heterocycles. The minimum atomic E-state index is 0.703. The van der Waals surface area contributed by atoms with Crippen LogP contribution in [0, 0.1) is 6.92 Å². The van der Waals surface area contributed by atoms with Gasteiger partial charge in [0, 0.05) is 11.6 Å². The molecule has 104 valence electrons. The van der Waals surface area contributed by atoms with Crippen LogP contribution in [-0.2, 0) is 0 Å². The topological polar surface area (TPSA) is 58.6 Å². The van der Waals surface area contributed by atoms with E-state index in [0.29, 0.717) is 5.88 Å². The first-order valence-electron chi connectivity index (χ1n) is 6.29. The highest BCUT2D eigenvalue weighted by molar-refractivity contribution is 7.19. The summed E-state index contributed by atoms with van der Waals surface area (Å²) in [6, 6.07) is 2.10. The minimum Gasteiger partial charge on any atom is -0.392 e. The first-order chi connectivity index (χ1) is 10.3. The Labute approximate surface area is 128 Å². The molecule has 0 spiro atoms. The van der Waals surface area contributed by atoms with E-state index in [2.05, 4.69) is 28.3 Å². The zero-order valence-corrected chi connectivity index (χ0v) is 12.7. The third-order valence-electron chi connectivity index (χ3n) is 3.04. The van der Waals surface area contributed by atoms with Gasteiger partial charge in [0.1, 0.15) is 16.1 Å². The van der Waals surface area contributed by atoms with E-state index in [4.69, 9.17) is 9.40 Å². The van der Waals surface area contributed by atoms with E-state index in [9.17, 15) is 0 Å². The minimum absolute atomic E-state index is 0.703. The third kappa shape index (κ3) is 2.30. The highest BCUT2D eigenvalue weighted by atomic mass is 32.1. The molecule has 4 aromatic rings. The molecule has 0 aliphatic carbocycles. The first-order valence-corrected chi connectivity index (χ1v) is 8.05. The zero-order chi connectivity index (χ0) is 14.2. The number of aromatic amines is 1. The first kappa shape index (κ1) is 12.5. The predicted molar refractivity (Wildman–Crippen MR) is 81.5 cm³/mol. The lowest BCUT2D eigenvalue weighted by Crippen LogP contribution is -2.25. The SMILES string of the molecule is Cc1c[nH]c(-c2csc(-c3c[n+](-c4cnco4)cs3)n2)c1. The van der Waals surface area contributed by atoms with Crippen LogP contribution < -0.4 is 4.57 Å². The fourth-order valence-electron chi connectivity index (χ4n) is 2.02. The van der Waals surface area contributed by atoms with Gasteiger partial charge in [-0.3, -0.25) is 0 Å². The summed E-state index contributed by atoms with van der Waals surface area (Å²) >= 11 is 3.26. The Kier molecular flexibility index (Phi) is 2.94. The molecule has 1 N–H and O–H groups in total. The average molecular weight is 315 g/mol. The molecule has 7 heteroatoms. The quantitative estimate of drug-likeness (QED) is 0.589. The smallest absolute Gasteiger partial charge is 0.392 e. The van der Waals surface area contributed by atoms with Gasteiger partial charge in [0.15, 0.2) is 12.6 Å². The molecule has 21 heavy (non-hydrogen) atoms. The largest absolute Gasteiger partial charge is 0.399 e. The second-order valence-corrected chi connectivity index (χ2v) is 6.34. The van der Waals surface area contributed by atoms with Crippen LogP contribution in [0.25, 0.3) is 27.2 Å². The summed E-state index contributed by atoms with van der Waals surface area (Å²) in [7, 11) is 0. The number of aromatic nitrogens is 4. The van der Waals surface area contributed by atoms with E-state index >= 15 is 0 Å². The Bertz CT molecular complexity index is 872. The lowest BCUT2D eigenvalue weighted by molar-refractivity contribution is -0.603. The van der Waals surface area contributed by atoms with Gasteiger partial charge in [-0.15, -0.1) is 15.9 Å². The molecule has 0 bridgehead atoms. The number of hydrogen-bond acceptors (Lipinski definition) is 5. The summed E-state index contributed by atoms with van der Waals surface area (Å²) in [6.07, 6.45) is 7.10. The van der Waals surface area contributed by atoms with Crippen molar-refractivity contribution >= 4 is 22.7 Å². The van der Waals surface area contributed by atoms with Crippen molar-refractivity contribution in [3.63, 3.8) is 0 Å². The molecule has 4 rings (SSSR count). The Morgan fingerprint density at radius 3 is 3.05 bits per heavy atom. The lowest BCUT2D eigenvalue weighted by Gasteiger charge is -1.88. The van der Waals surface area contributed by atoms with E-state index in [0.717, 1.165) is 21.3 Å². The maximum atomic E-state index is 5.28. The van der Waals surface area contributed by atoms with E-state index in [1.807, 2.05) is 22.5 Å². The van der Waals surface area contributed by atoms with Crippen LogP contribution in [0.1, 0.15) is 5.56 Å². The summed E-state index contributed by atoms with van der Waals surface area (Å²) in [6.45, 7) is 2.06. The number of nitrogens with zero attached hydrogens (tertiary/aromatic N) is 3. The van der Waals surface area contributed by atoms with Gasteiger partial charge in [-0.1, -0.05) is 11.3 Å². The van der Waals surface area contributed by atoms with Crippen molar-refractivity contribution in [2.75, 3.05) is 0 Å². The zero-order valence-electron chi connectivity index (χ0n) is 11.1. The number of hydrogen-bond donors (Lipinski definition) is 1. The predicted octanol–water partition coefficient (Wildman–Crippen LogP) is 3.44. The molecule has 0 radical (unpaired) electrons. The highest BCUT2D eigenvalue weighted by Gasteiger charge is 2.17. The van der Waals surface area contributed by atoms with Crippen molar-refractivity contribution in [1.29, 1.82) is 0 Å². The third-order valence-corrected chi connectivity index (χ3v) is 4.93. The Morgan fingerprint density at radius 1 is 1.33 bits per heavy atom. The molecular formula is C14H11N4OS2+. The molecule has 4 heterocycles. The summed E-state index contributed by atoms with van der Waals surface area (Å²) in [5.41, 5.74) is 5.21. The van der Waals surface area contributed by atoms with Gasteiger partial charge in [0.25, 0.3) is 0 Å². The van der Waals surface area contributed by atoms with Crippen molar-refractivity contribution in [3.05, 3.63) is 47.5 Å². The van der Waals surface area contributed by atoms with E-state index in [-0.39, 0.29) is 0 Å². The van der Waals surface area contributed by atoms with Gasteiger partial charge in [-0.05, 0) is 18.6 Å². The number of aryl methyl sites for hydroxylation is 1. The van der Waals surface area contributed by atoms with Crippen molar-refractivity contribution < 1.29 is 8.98 Å². The van der Waals surface area contributed by atoms with Crippen LogP contribution in [0.15, 0.2) is 46.4 Å². The number of nitrogens with one attached hydrogen (secondary N) is 1. The van der Waals surface area contributed by atoms with Gasteiger partial charge in [0.2, 0.25) is 5.51 Å². The summed E-state index contributed by atoms with van der Waals surface area (Å²) in [5.74, 6) is 0.703. The molecule has 0 saturated carbocycles. The average Bonchev–Trinajstić information content (AvgIpc) is 3.25. The fourth-order valence-corrected chi connectivity index (χ4v) is 3.74. The normalized spacial score (nSPS) is 11.1. The number of thiazole rings is 2. The maximum Gasteiger partial charge on any atom is 0.399 e. The van der Waals surface area contributed by atoms with Crippen LogP contribution in [0.5, 0.6) is 0 Å². The molecule has 0 saturated heterocycles. The number of H-pyrrole nitrogens is 1. The van der Waals surface area contributed by atoms with Gasteiger partial charge in [-0.25, -0.2) is 9.97 Å². The lowest BCUT2D eigenvalue weighted by atomic mass is 10.3. The standard InChI is InChI=1S/C14H11N4OS2/c1-9-2-10(16-3-9)11-6-20-14(17-11)12-5-18(8-21-12)13-4-15-7-19-13/h2-8,16H,1H3/q+1. The van der Waals surface area contributed by atoms with E-state index in [1.54, 1.807) is 28.9 Å². The van der Waals surface area contributed by atoms with Gasteiger partial charge >= 0.3 is 5.88 Å². The number of rotatable bonds is 3. The van der Waals surface area contributed by atoms with Crippen LogP contribution >= 0.6 is 22.7 Å². The summed E-state index contributed by atoms with van der Waals surface area (Å²) in [5, 5.41) is 3.07. The van der Waals surface area contributed by atoms with E-state index in [1.165, 1.54) is 12.0 Å². The summed E-state index contributed by atoms with van der Waals surface area (Å²) in [4.78, 5) is 13.0. The van der Waals surface area contributed by atoms with Crippen molar-refractivity contribution in [3.8, 4) is 27.2 Å². The monoisotopic (exact) mass is 315 g/mol.